The number of rotatable bonds is 32. The molecule has 11 rings (SSSR count). The zero-order valence-corrected chi connectivity index (χ0v) is 85.0. The minimum atomic E-state index is -4.77. The molecule has 0 spiro atoms. The molecule has 5 atom stereocenters. The van der Waals surface area contributed by atoms with Gasteiger partial charge in [-0.2, -0.15) is 15.3 Å². The van der Waals surface area contributed by atoms with Gasteiger partial charge in [0.25, 0.3) is 0 Å². The SMILES string of the molecule is C#CC(O)C(CC)CC.CCC1=C(Cl)N=C(Cl)C(C(O)C(CC)CC)O1.CCC1=C(Cl)N=C(Cl)C(C(O)C(CC)CC)O1.CCc1cc2c(C(CC)CC)nn(C)c2nc1-c1ccc(OC(F)(F)F)cc1OC.CCc1cc2c(C(CC)CC)nn(C)c2nc1-c1ccc(OC(F)(F)F)cc1OC.CCc1cc2c(C(CC)CC)nn(C)c2nc1Cl.CCc1oc(=O)c(Cl)nc1Cl. The number of ether oxygens (including phenoxy) is 6. The van der Waals surface area contributed by atoms with Crippen molar-refractivity contribution in [1.82, 2.24) is 49.3 Å². The van der Waals surface area contributed by atoms with E-state index in [1.807, 2.05) is 95.1 Å². The summed E-state index contributed by atoms with van der Waals surface area (Å²) in [4.78, 5) is 36.6. The zero-order chi connectivity index (χ0) is 99.1. The van der Waals surface area contributed by atoms with Crippen LogP contribution in [0.15, 0.2) is 95.6 Å². The molecule has 0 radical (unpaired) electrons. The van der Waals surface area contributed by atoms with Gasteiger partial charge in [-0.3, -0.25) is 14.0 Å². The first-order valence-electron chi connectivity index (χ1n) is 45.1. The second-order valence-electron chi connectivity index (χ2n) is 31.3. The molecule has 0 saturated heterocycles. The van der Waals surface area contributed by atoms with Crippen LogP contribution in [0.5, 0.6) is 23.0 Å². The Morgan fingerprint density at radius 2 is 0.773 bits per heavy atom. The Kier molecular flexibility index (Phi) is 47.3. The Morgan fingerprint density at radius 3 is 1.05 bits per heavy atom. The van der Waals surface area contributed by atoms with Crippen LogP contribution < -0.4 is 24.6 Å². The largest absolute Gasteiger partial charge is 0.573 e. The molecule has 0 amide bonds. The highest BCUT2D eigenvalue weighted by atomic mass is 35.5. The van der Waals surface area contributed by atoms with E-state index < -0.39 is 48.9 Å². The number of methoxy groups -OCH3 is 2. The van der Waals surface area contributed by atoms with E-state index in [9.17, 15) is 41.4 Å². The zero-order valence-electron chi connectivity index (χ0n) is 79.7. The maximum Gasteiger partial charge on any atom is 0.573 e. The highest BCUT2D eigenvalue weighted by molar-refractivity contribution is 6.67. The van der Waals surface area contributed by atoms with Gasteiger partial charge in [0, 0.05) is 97.6 Å². The van der Waals surface area contributed by atoms with Crippen molar-refractivity contribution in [2.75, 3.05) is 14.2 Å². The third kappa shape index (κ3) is 30.4. The third-order valence-corrected chi connectivity index (χ3v) is 25.3. The number of fused-ring (bicyclic) bond motifs is 3. The normalized spacial score (nSPS) is 14.6. The highest BCUT2D eigenvalue weighted by Crippen LogP contribution is 2.43. The number of hydrogen-bond donors (Lipinski definition) is 3. The molecule has 730 valence electrons. The van der Waals surface area contributed by atoms with Crippen LogP contribution in [0.25, 0.3) is 55.6 Å². The molecular formula is C96H129Cl7F6N12O11. The average Bonchev–Trinajstić information content (AvgIpc) is 1.60. The quantitative estimate of drug-likeness (QED) is 0.0153. The van der Waals surface area contributed by atoms with Crippen LogP contribution in [0.1, 0.15) is 272 Å². The Hall–Kier alpha value is -8.15. The topological polar surface area (TPSA) is 276 Å². The van der Waals surface area contributed by atoms with Crippen LogP contribution >= 0.6 is 81.2 Å². The van der Waals surface area contributed by atoms with Crippen molar-refractivity contribution in [3.8, 4) is 57.9 Å². The van der Waals surface area contributed by atoms with Crippen LogP contribution in [0.2, 0.25) is 15.5 Å². The molecule has 2 aromatic carbocycles. The van der Waals surface area contributed by atoms with Crippen molar-refractivity contribution in [3.63, 3.8) is 0 Å². The van der Waals surface area contributed by atoms with Crippen molar-refractivity contribution < 1.29 is 74.5 Å². The molecule has 36 heteroatoms. The van der Waals surface area contributed by atoms with E-state index in [0.29, 0.717) is 94.8 Å². The van der Waals surface area contributed by atoms with Crippen molar-refractivity contribution >= 4 is 125 Å². The van der Waals surface area contributed by atoms with E-state index >= 15 is 0 Å². The van der Waals surface area contributed by atoms with Crippen LogP contribution in [0, 0.1) is 30.1 Å². The molecular weight excluding hydrogens is 1860 g/mol. The van der Waals surface area contributed by atoms with Crippen molar-refractivity contribution in [2.45, 2.75) is 301 Å². The lowest BCUT2D eigenvalue weighted by Crippen LogP contribution is -2.40. The van der Waals surface area contributed by atoms with Gasteiger partial charge >= 0.3 is 18.4 Å². The summed E-state index contributed by atoms with van der Waals surface area (Å²) in [6.45, 7) is 37.0. The number of aliphatic hydroxyl groups is 3. The van der Waals surface area contributed by atoms with E-state index in [4.69, 9.17) is 136 Å². The van der Waals surface area contributed by atoms with E-state index in [0.717, 1.165) is 150 Å². The smallest absolute Gasteiger partial charge is 0.496 e. The van der Waals surface area contributed by atoms with E-state index in [-0.39, 0.29) is 71.7 Å². The highest BCUT2D eigenvalue weighted by Gasteiger charge is 2.38. The van der Waals surface area contributed by atoms with Crippen molar-refractivity contribution in [1.29, 1.82) is 0 Å². The number of aliphatic imine (C=N–C) groups is 2. The molecule has 0 bridgehead atoms. The summed E-state index contributed by atoms with van der Waals surface area (Å²) in [7, 11) is 8.47. The lowest BCUT2D eigenvalue weighted by molar-refractivity contribution is -0.275. The average molecular weight is 1990 g/mol. The number of nitrogens with zero attached hydrogens (tertiary/aromatic N) is 12. The molecule has 132 heavy (non-hydrogen) atoms. The van der Waals surface area contributed by atoms with E-state index in [1.165, 1.54) is 38.5 Å². The molecule has 2 aliphatic rings. The van der Waals surface area contributed by atoms with Crippen molar-refractivity contribution in [3.05, 3.63) is 142 Å². The summed E-state index contributed by atoms with van der Waals surface area (Å²) in [5.41, 5.74) is 10.6. The first-order chi connectivity index (χ1) is 62.5. The first-order valence-corrected chi connectivity index (χ1v) is 47.8. The predicted molar refractivity (Wildman–Crippen MR) is 520 cm³/mol. The number of halogens is 13. The molecule has 9 aromatic rings. The van der Waals surface area contributed by atoms with Gasteiger partial charge in [-0.1, -0.05) is 237 Å². The molecule has 7 aromatic heterocycles. The Bertz CT molecular complexity index is 5210. The predicted octanol–water partition coefficient (Wildman–Crippen LogP) is 26.7. The Balaban J connectivity index is 0.000000282. The van der Waals surface area contributed by atoms with Gasteiger partial charge < -0.3 is 48.2 Å². The maximum absolute atomic E-state index is 12.6. The molecule has 23 nitrogen and oxygen atoms in total. The van der Waals surface area contributed by atoms with Gasteiger partial charge in [0.15, 0.2) is 55.0 Å². The number of aliphatic hydroxyl groups excluding tert-OH is 3. The summed E-state index contributed by atoms with van der Waals surface area (Å²) in [5.74, 6) is 5.51. The van der Waals surface area contributed by atoms with Gasteiger partial charge in [0.1, 0.15) is 63.7 Å². The number of aryl methyl sites for hydroxylation is 7. The summed E-state index contributed by atoms with van der Waals surface area (Å²) in [6, 6.07) is 14.4. The third-order valence-electron chi connectivity index (χ3n) is 23.3. The number of aromatic nitrogens is 10. The number of hydrogen-bond acceptors (Lipinski definition) is 20. The Morgan fingerprint density at radius 1 is 0.439 bits per heavy atom. The summed E-state index contributed by atoms with van der Waals surface area (Å²) >= 11 is 40.9. The van der Waals surface area contributed by atoms with E-state index in [1.54, 1.807) is 28.4 Å². The fourth-order valence-corrected chi connectivity index (χ4v) is 17.2. The number of terminal acetylenes is 1. The molecule has 9 heterocycles. The van der Waals surface area contributed by atoms with Crippen LogP contribution in [0.4, 0.5) is 26.3 Å². The first kappa shape index (κ1) is 114. The monoisotopic (exact) mass is 1980 g/mol. The van der Waals surface area contributed by atoms with Gasteiger partial charge in [0.05, 0.1) is 42.7 Å². The lowest BCUT2D eigenvalue weighted by Gasteiger charge is -2.31. The number of alkyl halides is 6. The fraction of sp³-hybridized carbons (Fsp3) is 0.562. The summed E-state index contributed by atoms with van der Waals surface area (Å²) in [5, 5.41) is 48.4. The lowest BCUT2D eigenvalue weighted by atomic mass is 9.93. The maximum atomic E-state index is 12.6. The van der Waals surface area contributed by atoms with E-state index in [2.05, 4.69) is 107 Å². The number of benzene rings is 2. The van der Waals surface area contributed by atoms with Crippen molar-refractivity contribution in [2.24, 2.45) is 48.9 Å². The Labute approximate surface area is 807 Å². The number of allylic oxidation sites excluding steroid dienone is 2. The second kappa shape index (κ2) is 54.6. The van der Waals surface area contributed by atoms with Crippen LogP contribution in [-0.2, 0) is 56.3 Å². The minimum Gasteiger partial charge on any atom is -0.496 e. The molecule has 2 aliphatic heterocycles. The van der Waals surface area contributed by atoms with Gasteiger partial charge in [-0.25, -0.2) is 34.7 Å². The molecule has 5 unspecified atom stereocenters. The molecule has 0 saturated carbocycles. The minimum absolute atomic E-state index is 0.150. The van der Waals surface area contributed by atoms with Gasteiger partial charge in [-0.15, -0.1) is 32.8 Å². The fourth-order valence-electron chi connectivity index (χ4n) is 15.4. The number of pyridine rings is 3. The molecule has 0 aliphatic carbocycles. The summed E-state index contributed by atoms with van der Waals surface area (Å²) < 4.78 is 116. The van der Waals surface area contributed by atoms with Crippen LogP contribution in [-0.4, -0.2) is 132 Å². The molecule has 0 fully saturated rings. The van der Waals surface area contributed by atoms with Crippen LogP contribution in [0.3, 0.4) is 0 Å². The van der Waals surface area contributed by atoms with Gasteiger partial charge in [-0.05, 0) is 148 Å². The summed E-state index contributed by atoms with van der Waals surface area (Å²) in [6.07, 6.45) is 8.19. The molecule has 3 N–H and O–H groups in total. The second-order valence-corrected chi connectivity index (χ2v) is 33.8. The standard InChI is InChI=1S/2C22H26F3N3O2.C14H20ClN3.2C12H19Cl2NO2.C8H14O.C6H5Cl2NO2/c2*1-6-13(7-2)20-17-11-14(8-3)19(26-21(17)28(4)27-20)16-10-9-15(12-18(16)29-5)30-22(23,24)25;1-5-9(6-2)12-11-8-10(7-3)13(15)16-14(11)18(4)17-12;2*1-4-7(5-2)9(16)10-12(14)15-11(13)8(6-3)17-10;1-4-7(5-2)8(9)6-3;1-2-3-4(7)9-5(8)6(10)11-3/h2*9-13H,6-8H2,1-5H3;8-9H,5-7H2,1-4H3;2*7,9-10,16H,4-6H2,1-3H3;3,7-9H,4-5H2,1-2H3;2H2,1H3. The van der Waals surface area contributed by atoms with Gasteiger partial charge in [0.2, 0.25) is 5.15 Å².